The highest BCUT2D eigenvalue weighted by atomic mass is 16.5. The van der Waals surface area contributed by atoms with Gasteiger partial charge in [0.25, 0.3) is 0 Å². The summed E-state index contributed by atoms with van der Waals surface area (Å²) in [5.74, 6) is -0.262. The largest absolute Gasteiger partial charge is 0.469 e. The lowest BCUT2D eigenvalue weighted by atomic mass is 10.2. The van der Waals surface area contributed by atoms with Gasteiger partial charge in [-0.3, -0.25) is 4.79 Å². The number of carbonyl (C=O) groups excluding carboxylic acids is 1. The Bertz CT molecular complexity index is 153. The first-order valence-corrected chi connectivity index (χ1v) is 4.91. The number of ether oxygens (including phenoxy) is 1. The van der Waals surface area contributed by atoms with Crippen molar-refractivity contribution < 1.29 is 9.53 Å². The Morgan fingerprint density at radius 3 is 2.57 bits per heavy atom. The van der Waals surface area contributed by atoms with Gasteiger partial charge in [0, 0.05) is 32.7 Å². The van der Waals surface area contributed by atoms with Crippen molar-refractivity contribution >= 4 is 5.97 Å². The van der Waals surface area contributed by atoms with Crippen LogP contribution in [0.1, 0.15) is 6.92 Å². The molecule has 0 bridgehead atoms. The van der Waals surface area contributed by atoms with Crippen LogP contribution in [-0.2, 0) is 9.53 Å². The predicted octanol–water partition coefficient (Wildman–Crippen LogP) is -1.07. The van der Waals surface area contributed by atoms with Crippen molar-refractivity contribution in [2.24, 2.45) is 11.7 Å². The number of rotatable bonds is 8. The molecule has 0 saturated carbocycles. The van der Waals surface area contributed by atoms with Gasteiger partial charge < -0.3 is 21.1 Å². The Hall–Kier alpha value is -0.650. The monoisotopic (exact) mass is 203 g/mol. The van der Waals surface area contributed by atoms with Gasteiger partial charge in [-0.2, -0.15) is 0 Å². The van der Waals surface area contributed by atoms with Gasteiger partial charge in [0.15, 0.2) is 0 Å². The minimum atomic E-state index is -0.174. The molecule has 1 unspecified atom stereocenters. The molecule has 0 saturated heterocycles. The Morgan fingerprint density at radius 1 is 1.36 bits per heavy atom. The first-order valence-electron chi connectivity index (χ1n) is 4.91. The maximum atomic E-state index is 11.0. The fourth-order valence-electron chi connectivity index (χ4n) is 1.01. The summed E-state index contributed by atoms with van der Waals surface area (Å²) in [6.07, 6.45) is 0. The van der Waals surface area contributed by atoms with Crippen molar-refractivity contribution in [2.45, 2.75) is 6.92 Å². The molecule has 0 fully saturated rings. The quantitative estimate of drug-likeness (QED) is 0.346. The van der Waals surface area contributed by atoms with Crippen molar-refractivity contribution in [1.82, 2.24) is 10.6 Å². The van der Waals surface area contributed by atoms with Gasteiger partial charge in [0.1, 0.15) is 0 Å². The number of esters is 1. The summed E-state index contributed by atoms with van der Waals surface area (Å²) in [6, 6.07) is 0. The zero-order valence-electron chi connectivity index (χ0n) is 9.01. The third-order valence-electron chi connectivity index (χ3n) is 1.85. The van der Waals surface area contributed by atoms with Gasteiger partial charge in [-0.1, -0.05) is 6.92 Å². The highest BCUT2D eigenvalue weighted by Gasteiger charge is 2.11. The van der Waals surface area contributed by atoms with E-state index in [0.717, 1.165) is 19.6 Å². The molecular weight excluding hydrogens is 182 g/mol. The lowest BCUT2D eigenvalue weighted by Crippen LogP contribution is -2.34. The van der Waals surface area contributed by atoms with E-state index in [1.54, 1.807) is 0 Å². The third-order valence-corrected chi connectivity index (χ3v) is 1.85. The summed E-state index contributed by atoms with van der Waals surface area (Å²) < 4.78 is 4.60. The zero-order chi connectivity index (χ0) is 10.8. The molecule has 0 aromatic rings. The van der Waals surface area contributed by atoms with Crippen LogP contribution in [0.2, 0.25) is 0 Å². The summed E-state index contributed by atoms with van der Waals surface area (Å²) >= 11 is 0. The normalized spacial score (nSPS) is 12.5. The molecule has 0 spiro atoms. The van der Waals surface area contributed by atoms with Crippen molar-refractivity contribution in [2.75, 3.05) is 39.8 Å². The van der Waals surface area contributed by atoms with Crippen LogP contribution in [0.15, 0.2) is 0 Å². The molecule has 1 atom stereocenters. The number of carbonyl (C=O) groups is 1. The Morgan fingerprint density at radius 2 is 2.00 bits per heavy atom. The van der Waals surface area contributed by atoms with Crippen LogP contribution in [0.3, 0.4) is 0 Å². The first kappa shape index (κ1) is 13.4. The Labute approximate surface area is 85.4 Å². The van der Waals surface area contributed by atoms with Crippen LogP contribution in [-0.4, -0.2) is 45.8 Å². The van der Waals surface area contributed by atoms with Crippen molar-refractivity contribution in [1.29, 1.82) is 0 Å². The molecule has 5 nitrogen and oxygen atoms in total. The molecule has 14 heavy (non-hydrogen) atoms. The molecule has 0 aliphatic carbocycles. The van der Waals surface area contributed by atoms with Gasteiger partial charge in [0.2, 0.25) is 0 Å². The summed E-state index contributed by atoms with van der Waals surface area (Å²) in [7, 11) is 1.40. The second-order valence-electron chi connectivity index (χ2n) is 3.17. The van der Waals surface area contributed by atoms with Crippen molar-refractivity contribution in [3.63, 3.8) is 0 Å². The van der Waals surface area contributed by atoms with Crippen LogP contribution >= 0.6 is 0 Å². The third kappa shape index (κ3) is 6.82. The predicted molar refractivity (Wildman–Crippen MR) is 56.0 cm³/mol. The van der Waals surface area contributed by atoms with Crippen LogP contribution in [0.25, 0.3) is 0 Å². The van der Waals surface area contributed by atoms with Gasteiger partial charge >= 0.3 is 5.97 Å². The van der Waals surface area contributed by atoms with Gasteiger partial charge in [-0.15, -0.1) is 0 Å². The van der Waals surface area contributed by atoms with Crippen LogP contribution in [0, 0.1) is 5.92 Å². The lowest BCUT2D eigenvalue weighted by Gasteiger charge is -2.10. The lowest BCUT2D eigenvalue weighted by molar-refractivity contribution is -0.144. The van der Waals surface area contributed by atoms with E-state index in [9.17, 15) is 4.79 Å². The highest BCUT2D eigenvalue weighted by Crippen LogP contribution is 1.94. The molecule has 0 aromatic heterocycles. The van der Waals surface area contributed by atoms with Crippen LogP contribution < -0.4 is 16.4 Å². The van der Waals surface area contributed by atoms with Crippen LogP contribution in [0.5, 0.6) is 0 Å². The molecule has 84 valence electrons. The second-order valence-corrected chi connectivity index (χ2v) is 3.17. The zero-order valence-corrected chi connectivity index (χ0v) is 9.01. The van der Waals surface area contributed by atoms with E-state index in [2.05, 4.69) is 15.4 Å². The molecule has 0 amide bonds. The minimum Gasteiger partial charge on any atom is -0.469 e. The smallest absolute Gasteiger partial charge is 0.309 e. The number of nitrogens with one attached hydrogen (secondary N) is 2. The molecule has 5 heteroatoms. The number of nitrogens with two attached hydrogens (primary N) is 1. The molecule has 4 N–H and O–H groups in total. The standard InChI is InChI=1S/C9H21N3O2/c1-8(9(13)14-2)7-12-6-5-11-4-3-10/h8,11-12H,3-7,10H2,1-2H3. The summed E-state index contributed by atoms with van der Waals surface area (Å²) in [5, 5.41) is 6.30. The van der Waals surface area contributed by atoms with E-state index >= 15 is 0 Å². The molecule has 0 aliphatic rings. The molecule has 0 radical (unpaired) electrons. The number of hydrogen-bond acceptors (Lipinski definition) is 5. The topological polar surface area (TPSA) is 76.4 Å². The Balaban J connectivity index is 3.23. The van der Waals surface area contributed by atoms with Crippen molar-refractivity contribution in [3.05, 3.63) is 0 Å². The molecule has 0 rings (SSSR count). The maximum Gasteiger partial charge on any atom is 0.309 e. The summed E-state index contributed by atoms with van der Waals surface area (Å²) in [4.78, 5) is 11.0. The Kier molecular flexibility index (Phi) is 8.51. The maximum absolute atomic E-state index is 11.0. The SMILES string of the molecule is COC(=O)C(C)CNCCNCCN. The van der Waals surface area contributed by atoms with Gasteiger partial charge in [-0.25, -0.2) is 0 Å². The van der Waals surface area contributed by atoms with Crippen molar-refractivity contribution in [3.8, 4) is 0 Å². The van der Waals surface area contributed by atoms with E-state index in [1.807, 2.05) is 6.92 Å². The van der Waals surface area contributed by atoms with E-state index in [1.165, 1.54) is 7.11 Å². The second kappa shape index (κ2) is 8.93. The average molecular weight is 203 g/mol. The molecule has 0 heterocycles. The van der Waals surface area contributed by atoms with E-state index in [4.69, 9.17) is 5.73 Å². The summed E-state index contributed by atoms with van der Waals surface area (Å²) in [5.41, 5.74) is 5.31. The highest BCUT2D eigenvalue weighted by molar-refractivity contribution is 5.71. The fraction of sp³-hybridized carbons (Fsp3) is 0.889. The molecular formula is C9H21N3O2. The van der Waals surface area contributed by atoms with Gasteiger partial charge in [-0.05, 0) is 0 Å². The summed E-state index contributed by atoms with van der Waals surface area (Å²) in [6.45, 7) is 5.67. The fourth-order valence-corrected chi connectivity index (χ4v) is 1.01. The molecule has 0 aromatic carbocycles. The molecule has 0 aliphatic heterocycles. The number of hydrogen-bond donors (Lipinski definition) is 3. The number of methoxy groups -OCH3 is 1. The first-order chi connectivity index (χ1) is 6.72. The minimum absolute atomic E-state index is 0.0884. The van der Waals surface area contributed by atoms with Crippen LogP contribution in [0.4, 0.5) is 0 Å². The van der Waals surface area contributed by atoms with E-state index < -0.39 is 0 Å². The van der Waals surface area contributed by atoms with E-state index in [0.29, 0.717) is 13.1 Å². The van der Waals surface area contributed by atoms with Gasteiger partial charge in [0.05, 0.1) is 13.0 Å². The average Bonchev–Trinajstić information content (AvgIpc) is 2.21. The van der Waals surface area contributed by atoms with E-state index in [-0.39, 0.29) is 11.9 Å².